The Hall–Kier alpha value is -0.820. The molecule has 0 radical (unpaired) electrons. The van der Waals surface area contributed by atoms with Gasteiger partial charge in [-0.15, -0.1) is 0 Å². The second-order valence-corrected chi connectivity index (χ2v) is 1.56. The van der Waals surface area contributed by atoms with E-state index in [-0.39, 0.29) is 0 Å². The number of rotatable bonds is 0. The molecule has 1 nitrogen and oxygen atoms in total. The highest BCUT2D eigenvalue weighted by Crippen LogP contribution is 1.79. The van der Waals surface area contributed by atoms with Crippen LogP contribution in [0, 0.1) is 0 Å². The Balaban J connectivity index is -0.000000124. The molecule has 0 amide bonds. The van der Waals surface area contributed by atoms with Crippen LogP contribution in [0.15, 0.2) is 36.4 Å². The highest BCUT2D eigenvalue weighted by atomic mass is 16.4. The molecule has 1 aromatic carbocycles. The zero-order valence-corrected chi connectivity index (χ0v) is 9.87. The third-order valence-electron chi connectivity index (χ3n) is 0.667. The molecule has 0 saturated heterocycles. The fourth-order valence-electron chi connectivity index (χ4n) is 0.385. The Labute approximate surface area is 83.8 Å². The van der Waals surface area contributed by atoms with Gasteiger partial charge in [0.15, 0.2) is 0 Å². The first kappa shape index (κ1) is 18.1. The molecule has 0 fully saturated rings. The SMILES string of the molecule is CC.CC.COC.c1ccccc1. The topological polar surface area (TPSA) is 9.23 Å². The second kappa shape index (κ2) is 30.3. The first-order chi connectivity index (χ1) is 6.41. The smallest absolute Gasteiger partial charge is 0.0351 e. The van der Waals surface area contributed by atoms with Gasteiger partial charge in [0.25, 0.3) is 0 Å². The van der Waals surface area contributed by atoms with Crippen LogP contribution in [0.4, 0.5) is 0 Å². The highest BCUT2D eigenvalue weighted by molar-refractivity contribution is 4.99. The summed E-state index contributed by atoms with van der Waals surface area (Å²) in [5.41, 5.74) is 0. The van der Waals surface area contributed by atoms with Crippen LogP contribution in [0.3, 0.4) is 0 Å². The van der Waals surface area contributed by atoms with Gasteiger partial charge in [-0.25, -0.2) is 0 Å². The van der Waals surface area contributed by atoms with E-state index >= 15 is 0 Å². The van der Waals surface area contributed by atoms with Gasteiger partial charge in [-0.1, -0.05) is 64.1 Å². The summed E-state index contributed by atoms with van der Waals surface area (Å²) < 4.78 is 4.25. The van der Waals surface area contributed by atoms with Crippen LogP contribution in [-0.4, -0.2) is 14.2 Å². The van der Waals surface area contributed by atoms with Gasteiger partial charge in [-0.05, 0) is 0 Å². The van der Waals surface area contributed by atoms with E-state index in [1.807, 2.05) is 64.1 Å². The molecule has 0 aliphatic rings. The fraction of sp³-hybridized carbons (Fsp3) is 0.500. The molecule has 0 N–H and O–H groups in total. The van der Waals surface area contributed by atoms with Crippen LogP contribution in [-0.2, 0) is 4.74 Å². The molecule has 0 aliphatic carbocycles. The molecule has 0 aromatic heterocycles. The lowest BCUT2D eigenvalue weighted by Gasteiger charge is -1.69. The van der Waals surface area contributed by atoms with Gasteiger partial charge in [-0.2, -0.15) is 0 Å². The predicted molar refractivity (Wildman–Crippen MR) is 62.1 cm³/mol. The summed E-state index contributed by atoms with van der Waals surface area (Å²) in [5.74, 6) is 0. The standard InChI is InChI=1S/C6H6.C2H6O.2C2H6/c1-2-4-6-5-3-1;1-3-2;2*1-2/h1-6H;1-2H3;2*1-2H3. The molecular weight excluding hydrogens is 160 g/mol. The van der Waals surface area contributed by atoms with Gasteiger partial charge in [0.2, 0.25) is 0 Å². The van der Waals surface area contributed by atoms with E-state index in [1.54, 1.807) is 14.2 Å². The van der Waals surface area contributed by atoms with E-state index in [2.05, 4.69) is 4.74 Å². The van der Waals surface area contributed by atoms with Gasteiger partial charge in [0.1, 0.15) is 0 Å². The van der Waals surface area contributed by atoms with Crippen molar-refractivity contribution in [3.63, 3.8) is 0 Å². The molecule has 0 unspecified atom stereocenters. The monoisotopic (exact) mass is 184 g/mol. The van der Waals surface area contributed by atoms with Crippen molar-refractivity contribution in [2.75, 3.05) is 14.2 Å². The molecule has 1 rings (SSSR count). The fourth-order valence-corrected chi connectivity index (χ4v) is 0.385. The number of methoxy groups -OCH3 is 1. The summed E-state index contributed by atoms with van der Waals surface area (Å²) >= 11 is 0. The molecule has 1 heteroatoms. The Morgan fingerprint density at radius 2 is 0.615 bits per heavy atom. The van der Waals surface area contributed by atoms with Gasteiger partial charge < -0.3 is 4.74 Å². The van der Waals surface area contributed by atoms with E-state index in [4.69, 9.17) is 0 Å². The number of hydrogen-bond donors (Lipinski definition) is 0. The maximum absolute atomic E-state index is 4.25. The predicted octanol–water partition coefficient (Wildman–Crippen LogP) is 4.00. The first-order valence-electron chi connectivity index (χ1n) is 4.82. The van der Waals surface area contributed by atoms with Crippen LogP contribution < -0.4 is 0 Å². The Kier molecular flexibility index (Phi) is 42.2. The molecule has 0 spiro atoms. The van der Waals surface area contributed by atoms with E-state index in [0.717, 1.165) is 0 Å². The zero-order valence-electron chi connectivity index (χ0n) is 9.87. The van der Waals surface area contributed by atoms with Crippen molar-refractivity contribution >= 4 is 0 Å². The highest BCUT2D eigenvalue weighted by Gasteiger charge is 1.57. The summed E-state index contributed by atoms with van der Waals surface area (Å²) in [7, 11) is 3.25. The molecule has 0 aliphatic heterocycles. The van der Waals surface area contributed by atoms with Crippen LogP contribution in [0.5, 0.6) is 0 Å². The molecule has 0 saturated carbocycles. The molecule has 0 heterocycles. The van der Waals surface area contributed by atoms with Gasteiger partial charge in [0.05, 0.1) is 0 Å². The quantitative estimate of drug-likeness (QED) is 0.592. The lowest BCUT2D eigenvalue weighted by molar-refractivity contribution is 0.277. The van der Waals surface area contributed by atoms with Crippen LogP contribution in [0.25, 0.3) is 0 Å². The Bertz CT molecular complexity index is 88.0. The minimum absolute atomic E-state index is 1.62. The van der Waals surface area contributed by atoms with Gasteiger partial charge in [0, 0.05) is 14.2 Å². The molecular formula is C12H24O. The Morgan fingerprint density at radius 1 is 0.538 bits per heavy atom. The average molecular weight is 184 g/mol. The Morgan fingerprint density at radius 3 is 0.692 bits per heavy atom. The summed E-state index contributed by atoms with van der Waals surface area (Å²) in [4.78, 5) is 0. The molecule has 78 valence electrons. The van der Waals surface area contributed by atoms with Crippen molar-refractivity contribution in [2.24, 2.45) is 0 Å². The summed E-state index contributed by atoms with van der Waals surface area (Å²) in [5, 5.41) is 0. The second-order valence-electron chi connectivity index (χ2n) is 1.56. The van der Waals surface area contributed by atoms with E-state index in [1.165, 1.54) is 0 Å². The average Bonchev–Trinajstić information content (AvgIpc) is 2.27. The molecule has 0 bridgehead atoms. The third kappa shape index (κ3) is 35.1. The lowest BCUT2D eigenvalue weighted by atomic mass is 10.4. The largest absolute Gasteiger partial charge is 0.388 e. The van der Waals surface area contributed by atoms with Crippen molar-refractivity contribution in [1.29, 1.82) is 0 Å². The molecule has 1 aromatic rings. The molecule has 13 heavy (non-hydrogen) atoms. The normalized spacial score (nSPS) is 6.00. The zero-order chi connectivity index (χ0) is 10.9. The summed E-state index contributed by atoms with van der Waals surface area (Å²) in [6, 6.07) is 12.0. The summed E-state index contributed by atoms with van der Waals surface area (Å²) in [6.07, 6.45) is 0. The molecule has 0 atom stereocenters. The van der Waals surface area contributed by atoms with Crippen molar-refractivity contribution in [2.45, 2.75) is 27.7 Å². The number of ether oxygens (including phenoxy) is 1. The number of hydrogen-bond acceptors (Lipinski definition) is 1. The van der Waals surface area contributed by atoms with Crippen molar-refractivity contribution < 1.29 is 4.74 Å². The van der Waals surface area contributed by atoms with E-state index in [9.17, 15) is 0 Å². The minimum Gasteiger partial charge on any atom is -0.388 e. The van der Waals surface area contributed by atoms with Gasteiger partial charge in [-0.3, -0.25) is 0 Å². The summed E-state index contributed by atoms with van der Waals surface area (Å²) in [6.45, 7) is 8.00. The van der Waals surface area contributed by atoms with Crippen molar-refractivity contribution in [3.05, 3.63) is 36.4 Å². The first-order valence-corrected chi connectivity index (χ1v) is 4.82. The maximum Gasteiger partial charge on any atom is 0.0351 e. The van der Waals surface area contributed by atoms with Crippen molar-refractivity contribution in [3.8, 4) is 0 Å². The minimum atomic E-state index is 1.62. The van der Waals surface area contributed by atoms with Gasteiger partial charge >= 0.3 is 0 Å². The number of benzene rings is 1. The third-order valence-corrected chi connectivity index (χ3v) is 0.667. The maximum atomic E-state index is 4.25. The van der Waals surface area contributed by atoms with Crippen LogP contribution in [0.1, 0.15) is 27.7 Å². The van der Waals surface area contributed by atoms with Crippen LogP contribution >= 0.6 is 0 Å². The van der Waals surface area contributed by atoms with Crippen LogP contribution in [0.2, 0.25) is 0 Å². The van der Waals surface area contributed by atoms with Crippen molar-refractivity contribution in [1.82, 2.24) is 0 Å². The lowest BCUT2D eigenvalue weighted by Crippen LogP contribution is -1.55. The van der Waals surface area contributed by atoms with E-state index in [0.29, 0.717) is 0 Å². The van der Waals surface area contributed by atoms with E-state index < -0.39 is 0 Å².